The molecular weight excluding hydrogens is 449 g/mol. The van der Waals surface area contributed by atoms with Crippen molar-refractivity contribution < 1.29 is 4.74 Å². The van der Waals surface area contributed by atoms with Crippen LogP contribution in [0.4, 0.5) is 5.82 Å². The van der Waals surface area contributed by atoms with Gasteiger partial charge < -0.3 is 9.64 Å². The normalized spacial score (nSPS) is 25.2. The second-order valence-electron chi connectivity index (χ2n) is 7.14. The van der Waals surface area contributed by atoms with Gasteiger partial charge in [0.2, 0.25) is 5.82 Å². The highest BCUT2D eigenvalue weighted by molar-refractivity contribution is 14.2. The number of ether oxygens (including phenoxy) is 1. The Labute approximate surface area is 162 Å². The summed E-state index contributed by atoms with van der Waals surface area (Å²) in [4.78, 5) is 11.9. The summed E-state index contributed by atoms with van der Waals surface area (Å²) in [5.41, 5.74) is 0.924. The molecule has 2 aliphatic heterocycles. The molecule has 0 amide bonds. The van der Waals surface area contributed by atoms with E-state index in [4.69, 9.17) is 14.7 Å². The first-order valence-electron chi connectivity index (χ1n) is 8.66. The third-order valence-corrected chi connectivity index (χ3v) is 6.19. The van der Waals surface area contributed by atoms with Crippen LogP contribution in [-0.2, 0) is 11.3 Å². The zero-order valence-electron chi connectivity index (χ0n) is 13.7. The van der Waals surface area contributed by atoms with Crippen molar-refractivity contribution in [2.75, 3.05) is 31.2 Å². The third-order valence-electron chi connectivity index (χ3n) is 5.35. The second kappa shape index (κ2) is 6.59. The van der Waals surface area contributed by atoms with Crippen LogP contribution in [0.15, 0.2) is 6.20 Å². The zero-order chi connectivity index (χ0) is 16.8. The standard InChI is InChI=1S/C17H18IN5OS/c18-25-4-3-15-20-16(22-7-12-9-24-10-13(12)8-22)14-5-19-23(17(14)21-15)6-11-1-2-11/h5,11-13H,1-2,6-10H2. The smallest absolute Gasteiger partial charge is 0.209 e. The summed E-state index contributed by atoms with van der Waals surface area (Å²) in [5, 5.41) is 8.67. The molecule has 0 spiro atoms. The Morgan fingerprint density at radius 1 is 1.24 bits per heavy atom. The summed E-state index contributed by atoms with van der Waals surface area (Å²) in [7, 11) is 1.46. The molecule has 3 fully saturated rings. The van der Waals surface area contributed by atoms with Gasteiger partial charge >= 0.3 is 0 Å². The zero-order valence-corrected chi connectivity index (χ0v) is 16.7. The number of halogens is 1. The Morgan fingerprint density at radius 2 is 2.04 bits per heavy atom. The van der Waals surface area contributed by atoms with Crippen molar-refractivity contribution in [3.8, 4) is 11.2 Å². The van der Waals surface area contributed by atoms with Gasteiger partial charge in [0, 0.05) is 52.7 Å². The first-order valence-corrected chi connectivity index (χ1v) is 12.0. The highest BCUT2D eigenvalue weighted by atomic mass is 127. The van der Waals surface area contributed by atoms with Crippen LogP contribution in [0.25, 0.3) is 11.0 Å². The van der Waals surface area contributed by atoms with E-state index in [2.05, 4.69) is 42.4 Å². The highest BCUT2D eigenvalue weighted by Gasteiger charge is 2.38. The number of hydrogen-bond donors (Lipinski definition) is 0. The molecular formula is C17H18IN5OS. The first kappa shape index (κ1) is 16.1. The van der Waals surface area contributed by atoms with Gasteiger partial charge in [0.05, 0.1) is 24.8 Å². The van der Waals surface area contributed by atoms with E-state index in [1.54, 1.807) is 0 Å². The third kappa shape index (κ3) is 3.11. The molecule has 0 aromatic carbocycles. The number of anilines is 1. The Hall–Kier alpha value is -1.05. The topological polar surface area (TPSA) is 56.1 Å². The van der Waals surface area contributed by atoms with Crippen molar-refractivity contribution in [1.82, 2.24) is 19.7 Å². The van der Waals surface area contributed by atoms with E-state index in [0.29, 0.717) is 17.7 Å². The van der Waals surface area contributed by atoms with E-state index in [0.717, 1.165) is 55.6 Å². The Morgan fingerprint density at radius 3 is 2.76 bits per heavy atom. The molecule has 2 saturated heterocycles. The van der Waals surface area contributed by atoms with Gasteiger partial charge in [0.1, 0.15) is 5.82 Å². The molecule has 130 valence electrons. The van der Waals surface area contributed by atoms with Crippen molar-refractivity contribution in [3.05, 3.63) is 12.0 Å². The highest BCUT2D eigenvalue weighted by Crippen LogP contribution is 2.36. The summed E-state index contributed by atoms with van der Waals surface area (Å²) < 4.78 is 7.66. The van der Waals surface area contributed by atoms with E-state index in [-0.39, 0.29) is 0 Å². The fourth-order valence-corrected chi connectivity index (χ4v) is 4.30. The van der Waals surface area contributed by atoms with Crippen molar-refractivity contribution in [1.29, 1.82) is 0 Å². The van der Waals surface area contributed by atoms with Gasteiger partial charge in [-0.3, -0.25) is 0 Å². The number of rotatable bonds is 3. The predicted molar refractivity (Wildman–Crippen MR) is 107 cm³/mol. The fourth-order valence-electron chi connectivity index (χ4n) is 3.84. The molecule has 1 saturated carbocycles. The number of aromatic nitrogens is 4. The number of hydrogen-bond acceptors (Lipinski definition) is 6. The van der Waals surface area contributed by atoms with E-state index < -0.39 is 0 Å². The Kier molecular flexibility index (Phi) is 4.26. The molecule has 8 heteroatoms. The molecule has 0 bridgehead atoms. The molecule has 6 nitrogen and oxygen atoms in total. The van der Waals surface area contributed by atoms with Crippen molar-refractivity contribution in [3.63, 3.8) is 0 Å². The summed E-state index contributed by atoms with van der Waals surface area (Å²) in [6, 6.07) is 0. The van der Waals surface area contributed by atoms with Gasteiger partial charge in [0.15, 0.2) is 5.65 Å². The monoisotopic (exact) mass is 467 g/mol. The molecule has 0 N–H and O–H groups in total. The van der Waals surface area contributed by atoms with Crippen molar-refractivity contribution >= 4 is 47.0 Å². The average molecular weight is 467 g/mol. The fraction of sp³-hybridized carbons (Fsp3) is 0.588. The minimum atomic E-state index is 0.595. The van der Waals surface area contributed by atoms with Gasteiger partial charge in [-0.15, -0.1) is 0 Å². The molecule has 3 aliphatic rings. The molecule has 0 radical (unpaired) electrons. The summed E-state index contributed by atoms with van der Waals surface area (Å²) in [6.45, 7) is 4.69. The van der Waals surface area contributed by atoms with Crippen LogP contribution in [-0.4, -0.2) is 46.1 Å². The minimum Gasteiger partial charge on any atom is -0.381 e. The van der Waals surface area contributed by atoms with Crippen LogP contribution < -0.4 is 4.90 Å². The molecule has 5 rings (SSSR count). The molecule has 2 unspecified atom stereocenters. The Balaban J connectivity index is 1.56. The molecule has 2 atom stereocenters. The second-order valence-corrected chi connectivity index (χ2v) is 8.82. The van der Waals surface area contributed by atoms with Gasteiger partial charge in [-0.2, -0.15) is 5.10 Å². The van der Waals surface area contributed by atoms with Gasteiger partial charge in [-0.1, -0.05) is 0 Å². The lowest BCUT2D eigenvalue weighted by Gasteiger charge is -2.19. The van der Waals surface area contributed by atoms with Crippen LogP contribution in [0.5, 0.6) is 0 Å². The summed E-state index contributed by atoms with van der Waals surface area (Å²) in [5.74, 6) is 6.65. The summed E-state index contributed by atoms with van der Waals surface area (Å²) >= 11 is 2.17. The maximum absolute atomic E-state index is 5.61. The average Bonchev–Trinajstić information content (AvgIpc) is 3.00. The van der Waals surface area contributed by atoms with Crippen LogP contribution >= 0.6 is 30.1 Å². The molecule has 25 heavy (non-hydrogen) atoms. The minimum absolute atomic E-state index is 0.595. The van der Waals surface area contributed by atoms with E-state index >= 15 is 0 Å². The lowest BCUT2D eigenvalue weighted by molar-refractivity contribution is 0.177. The lowest BCUT2D eigenvalue weighted by Crippen LogP contribution is -2.24. The van der Waals surface area contributed by atoms with Crippen LogP contribution in [0.3, 0.4) is 0 Å². The molecule has 4 heterocycles. The quantitative estimate of drug-likeness (QED) is 0.511. The number of fused-ring (bicyclic) bond motifs is 2. The molecule has 2 aromatic rings. The Bertz CT molecular complexity index is 859. The predicted octanol–water partition coefficient (Wildman–Crippen LogP) is 2.71. The SMILES string of the molecule is ISC#Cc1nc(N2CC3COCC3C2)c2cnn(CC3CC3)c2n1. The summed E-state index contributed by atoms with van der Waals surface area (Å²) in [6.07, 6.45) is 4.53. The van der Waals surface area contributed by atoms with Crippen LogP contribution in [0.1, 0.15) is 18.7 Å². The van der Waals surface area contributed by atoms with Crippen molar-refractivity contribution in [2.45, 2.75) is 19.4 Å². The van der Waals surface area contributed by atoms with E-state index in [9.17, 15) is 0 Å². The first-order chi connectivity index (χ1) is 12.3. The molecule has 2 aromatic heterocycles. The van der Waals surface area contributed by atoms with E-state index in [1.165, 1.54) is 21.8 Å². The largest absolute Gasteiger partial charge is 0.381 e. The number of nitrogens with zero attached hydrogens (tertiary/aromatic N) is 5. The van der Waals surface area contributed by atoms with Gasteiger partial charge in [-0.05, 0) is 38.9 Å². The van der Waals surface area contributed by atoms with Gasteiger partial charge in [-0.25, -0.2) is 14.6 Å². The van der Waals surface area contributed by atoms with Crippen LogP contribution in [0, 0.1) is 28.9 Å². The maximum Gasteiger partial charge on any atom is 0.209 e. The lowest BCUT2D eigenvalue weighted by atomic mass is 10.0. The maximum atomic E-state index is 5.61. The van der Waals surface area contributed by atoms with Gasteiger partial charge in [0.25, 0.3) is 0 Å². The van der Waals surface area contributed by atoms with Crippen molar-refractivity contribution in [2.24, 2.45) is 17.8 Å². The molecule has 1 aliphatic carbocycles. The van der Waals surface area contributed by atoms with E-state index in [1.807, 2.05) is 10.9 Å². The van der Waals surface area contributed by atoms with Crippen LogP contribution in [0.2, 0.25) is 0 Å².